The third-order valence-electron chi connectivity index (χ3n) is 2.86. The second-order valence-electron chi connectivity index (χ2n) is 4.34. The zero-order chi connectivity index (χ0) is 12.3. The maximum absolute atomic E-state index is 10.6. The van der Waals surface area contributed by atoms with E-state index in [0.29, 0.717) is 0 Å². The molecule has 0 heterocycles. The lowest BCUT2D eigenvalue weighted by atomic mass is 10.0. The Labute approximate surface area is 101 Å². The van der Waals surface area contributed by atoms with Crippen LogP contribution in [0.3, 0.4) is 0 Å². The Morgan fingerprint density at radius 3 is 2.24 bits per heavy atom. The first-order chi connectivity index (χ1) is 8.19. The van der Waals surface area contributed by atoms with E-state index in [2.05, 4.69) is 25.1 Å². The van der Waals surface area contributed by atoms with Crippen LogP contribution in [0, 0.1) is 0 Å². The SMILES string of the molecule is CCCc1ccc2cc(CC(=O)O)ccc2c1. The molecule has 2 aromatic rings. The molecule has 0 spiro atoms. The minimum Gasteiger partial charge on any atom is -0.481 e. The van der Waals surface area contributed by atoms with Crippen LogP contribution in [0.15, 0.2) is 36.4 Å². The second-order valence-corrected chi connectivity index (χ2v) is 4.34. The number of aryl methyl sites for hydroxylation is 1. The minimum absolute atomic E-state index is 0.0899. The number of rotatable bonds is 4. The Morgan fingerprint density at radius 2 is 1.65 bits per heavy atom. The number of aliphatic carboxylic acids is 1. The molecule has 0 saturated carbocycles. The largest absolute Gasteiger partial charge is 0.481 e. The maximum atomic E-state index is 10.6. The highest BCUT2D eigenvalue weighted by Crippen LogP contribution is 2.19. The fraction of sp³-hybridized carbons (Fsp3) is 0.267. The van der Waals surface area contributed by atoms with Crippen LogP contribution in [0.5, 0.6) is 0 Å². The monoisotopic (exact) mass is 228 g/mol. The van der Waals surface area contributed by atoms with Crippen LogP contribution in [-0.4, -0.2) is 11.1 Å². The molecule has 88 valence electrons. The van der Waals surface area contributed by atoms with Crippen LogP contribution in [0.2, 0.25) is 0 Å². The van der Waals surface area contributed by atoms with Crippen molar-refractivity contribution in [2.45, 2.75) is 26.2 Å². The molecule has 0 bridgehead atoms. The molecule has 0 radical (unpaired) electrons. The van der Waals surface area contributed by atoms with E-state index in [1.54, 1.807) is 0 Å². The number of hydrogen-bond acceptors (Lipinski definition) is 1. The van der Waals surface area contributed by atoms with E-state index in [-0.39, 0.29) is 6.42 Å². The highest BCUT2D eigenvalue weighted by Gasteiger charge is 2.02. The predicted molar refractivity (Wildman–Crippen MR) is 69.3 cm³/mol. The Balaban J connectivity index is 2.36. The fourth-order valence-corrected chi connectivity index (χ4v) is 2.07. The predicted octanol–water partition coefficient (Wildman–Crippen LogP) is 3.42. The summed E-state index contributed by atoms with van der Waals surface area (Å²) in [6.45, 7) is 2.17. The van der Waals surface area contributed by atoms with Crippen LogP contribution in [0.4, 0.5) is 0 Å². The third kappa shape index (κ3) is 2.84. The average molecular weight is 228 g/mol. The van der Waals surface area contributed by atoms with Crippen LogP contribution in [-0.2, 0) is 17.6 Å². The van der Waals surface area contributed by atoms with Gasteiger partial charge in [0.25, 0.3) is 0 Å². The lowest BCUT2D eigenvalue weighted by Gasteiger charge is -2.04. The first-order valence-corrected chi connectivity index (χ1v) is 5.92. The number of hydrogen-bond donors (Lipinski definition) is 1. The van der Waals surface area contributed by atoms with E-state index in [4.69, 9.17) is 5.11 Å². The molecule has 2 rings (SSSR count). The van der Waals surface area contributed by atoms with Gasteiger partial charge in [-0.15, -0.1) is 0 Å². The van der Waals surface area contributed by atoms with Gasteiger partial charge in [0.2, 0.25) is 0 Å². The normalized spacial score (nSPS) is 10.6. The van der Waals surface area contributed by atoms with Crippen LogP contribution >= 0.6 is 0 Å². The Kier molecular flexibility index (Phi) is 3.43. The zero-order valence-corrected chi connectivity index (χ0v) is 9.94. The van der Waals surface area contributed by atoms with Gasteiger partial charge < -0.3 is 5.11 Å². The first kappa shape index (κ1) is 11.6. The van der Waals surface area contributed by atoms with E-state index in [0.717, 1.165) is 23.8 Å². The summed E-state index contributed by atoms with van der Waals surface area (Å²) in [7, 11) is 0. The van der Waals surface area contributed by atoms with Crippen molar-refractivity contribution < 1.29 is 9.90 Å². The molecule has 0 atom stereocenters. The smallest absolute Gasteiger partial charge is 0.307 e. The number of carbonyl (C=O) groups is 1. The van der Waals surface area contributed by atoms with Gasteiger partial charge in [-0.05, 0) is 28.3 Å². The van der Waals surface area contributed by atoms with Crippen molar-refractivity contribution in [1.29, 1.82) is 0 Å². The molecule has 1 N–H and O–H groups in total. The number of fused-ring (bicyclic) bond motifs is 1. The summed E-state index contributed by atoms with van der Waals surface area (Å²) < 4.78 is 0. The first-order valence-electron chi connectivity index (χ1n) is 5.92. The van der Waals surface area contributed by atoms with Gasteiger partial charge in [0.05, 0.1) is 6.42 Å². The fourth-order valence-electron chi connectivity index (χ4n) is 2.07. The van der Waals surface area contributed by atoms with Crippen LogP contribution in [0.1, 0.15) is 24.5 Å². The molecule has 17 heavy (non-hydrogen) atoms. The molecule has 0 unspecified atom stereocenters. The van der Waals surface area contributed by atoms with Gasteiger partial charge in [0.1, 0.15) is 0 Å². The van der Waals surface area contributed by atoms with Crippen molar-refractivity contribution in [1.82, 2.24) is 0 Å². The summed E-state index contributed by atoms with van der Waals surface area (Å²) in [4.78, 5) is 10.6. The summed E-state index contributed by atoms with van der Waals surface area (Å²) in [6.07, 6.45) is 2.32. The van der Waals surface area contributed by atoms with Crippen molar-refractivity contribution in [3.8, 4) is 0 Å². The van der Waals surface area contributed by atoms with Crippen molar-refractivity contribution in [2.24, 2.45) is 0 Å². The summed E-state index contributed by atoms with van der Waals surface area (Å²) in [6, 6.07) is 12.2. The highest BCUT2D eigenvalue weighted by molar-refractivity contribution is 5.85. The van der Waals surface area contributed by atoms with Gasteiger partial charge in [-0.2, -0.15) is 0 Å². The molecule has 0 amide bonds. The molecule has 2 heteroatoms. The van der Waals surface area contributed by atoms with Gasteiger partial charge in [0, 0.05) is 0 Å². The van der Waals surface area contributed by atoms with E-state index < -0.39 is 5.97 Å². The van der Waals surface area contributed by atoms with Gasteiger partial charge >= 0.3 is 5.97 Å². The van der Waals surface area contributed by atoms with Gasteiger partial charge in [0.15, 0.2) is 0 Å². The molecular weight excluding hydrogens is 212 g/mol. The quantitative estimate of drug-likeness (QED) is 0.870. The number of carboxylic acid groups (broad SMARTS) is 1. The molecule has 0 aromatic heterocycles. The molecule has 0 aliphatic carbocycles. The van der Waals surface area contributed by atoms with E-state index in [9.17, 15) is 4.79 Å². The zero-order valence-electron chi connectivity index (χ0n) is 9.94. The van der Waals surface area contributed by atoms with Gasteiger partial charge in [-0.3, -0.25) is 4.79 Å². The van der Waals surface area contributed by atoms with Crippen LogP contribution in [0.25, 0.3) is 10.8 Å². The topological polar surface area (TPSA) is 37.3 Å². The minimum atomic E-state index is -0.785. The molecule has 2 aromatic carbocycles. The average Bonchev–Trinajstić information content (AvgIpc) is 2.29. The van der Waals surface area contributed by atoms with Gasteiger partial charge in [-0.1, -0.05) is 49.7 Å². The molecule has 2 nitrogen and oxygen atoms in total. The lowest BCUT2D eigenvalue weighted by Crippen LogP contribution is -1.99. The summed E-state index contributed by atoms with van der Waals surface area (Å²) in [5.74, 6) is -0.785. The van der Waals surface area contributed by atoms with E-state index in [1.165, 1.54) is 10.9 Å². The third-order valence-corrected chi connectivity index (χ3v) is 2.86. The Bertz CT molecular complexity index is 544. The molecular formula is C15H16O2. The summed E-state index contributed by atoms with van der Waals surface area (Å²) in [5, 5.41) is 11.1. The van der Waals surface area contributed by atoms with Crippen molar-refractivity contribution in [3.05, 3.63) is 47.5 Å². The number of benzene rings is 2. The van der Waals surface area contributed by atoms with E-state index >= 15 is 0 Å². The van der Waals surface area contributed by atoms with Gasteiger partial charge in [-0.25, -0.2) is 0 Å². The second kappa shape index (κ2) is 5.00. The maximum Gasteiger partial charge on any atom is 0.307 e. The van der Waals surface area contributed by atoms with Crippen molar-refractivity contribution in [2.75, 3.05) is 0 Å². The highest BCUT2D eigenvalue weighted by atomic mass is 16.4. The van der Waals surface area contributed by atoms with Crippen molar-refractivity contribution in [3.63, 3.8) is 0 Å². The molecule has 0 fully saturated rings. The molecule has 0 aliphatic heterocycles. The molecule has 0 aliphatic rings. The van der Waals surface area contributed by atoms with Crippen molar-refractivity contribution >= 4 is 16.7 Å². The number of carboxylic acids is 1. The standard InChI is InChI=1S/C15H16O2/c1-2-3-11-4-6-14-9-12(10-15(16)17)5-7-13(14)8-11/h4-9H,2-3,10H2,1H3,(H,16,17). The summed E-state index contributed by atoms with van der Waals surface area (Å²) in [5.41, 5.74) is 2.19. The Hall–Kier alpha value is -1.83. The Morgan fingerprint density at radius 1 is 1.06 bits per heavy atom. The lowest BCUT2D eigenvalue weighted by molar-refractivity contribution is -0.136. The summed E-state index contributed by atoms with van der Waals surface area (Å²) >= 11 is 0. The molecule has 0 saturated heterocycles. The van der Waals surface area contributed by atoms with E-state index in [1.807, 2.05) is 18.2 Å². The van der Waals surface area contributed by atoms with Crippen LogP contribution < -0.4 is 0 Å².